The molecule has 1 amide bonds. The van der Waals surface area contributed by atoms with E-state index in [1.165, 1.54) is 11.8 Å². The molecule has 1 aromatic rings. The van der Waals surface area contributed by atoms with E-state index in [1.54, 1.807) is 4.90 Å². The fourth-order valence-corrected chi connectivity index (χ4v) is 5.83. The second-order valence-electron chi connectivity index (χ2n) is 6.66. The standard InChI is InChI=1S/C18H25N3O3S2/c1-4-5-7-21(15-6-8-26(23,24)12-15)17(22)11-25-18-16(10-19)13(2)9-14(3)20-18/h9,15H,4-8,11-12H2,1-3H3. The van der Waals surface area contributed by atoms with Crippen molar-refractivity contribution in [2.45, 2.75) is 51.1 Å². The average Bonchev–Trinajstić information content (AvgIpc) is 2.92. The number of carbonyl (C=O) groups excluding carboxylic acids is 1. The topological polar surface area (TPSA) is 91.1 Å². The van der Waals surface area contributed by atoms with Gasteiger partial charge in [-0.25, -0.2) is 13.4 Å². The molecule has 1 atom stereocenters. The van der Waals surface area contributed by atoms with E-state index in [9.17, 15) is 18.5 Å². The fourth-order valence-electron chi connectivity index (χ4n) is 3.12. The van der Waals surface area contributed by atoms with Crippen LogP contribution in [0, 0.1) is 25.2 Å². The van der Waals surface area contributed by atoms with Gasteiger partial charge in [-0.1, -0.05) is 25.1 Å². The molecule has 0 radical (unpaired) electrons. The summed E-state index contributed by atoms with van der Waals surface area (Å²) in [4.78, 5) is 18.9. The summed E-state index contributed by atoms with van der Waals surface area (Å²) < 4.78 is 23.6. The first kappa shape index (κ1) is 20.7. The summed E-state index contributed by atoms with van der Waals surface area (Å²) >= 11 is 1.25. The smallest absolute Gasteiger partial charge is 0.233 e. The van der Waals surface area contributed by atoms with Gasteiger partial charge in [0.05, 0.1) is 22.8 Å². The van der Waals surface area contributed by atoms with E-state index in [0.717, 1.165) is 24.1 Å². The van der Waals surface area contributed by atoms with Gasteiger partial charge in [0.1, 0.15) is 11.1 Å². The van der Waals surface area contributed by atoms with Crippen LogP contribution < -0.4 is 0 Å². The molecule has 2 rings (SSSR count). The minimum Gasteiger partial charge on any atom is -0.338 e. The number of aryl methyl sites for hydroxylation is 2. The van der Waals surface area contributed by atoms with Gasteiger partial charge in [0.15, 0.2) is 9.84 Å². The first-order chi connectivity index (χ1) is 12.3. The molecule has 0 bridgehead atoms. The van der Waals surface area contributed by atoms with Crippen LogP contribution in [-0.4, -0.2) is 54.1 Å². The number of hydrogen-bond acceptors (Lipinski definition) is 6. The van der Waals surface area contributed by atoms with Gasteiger partial charge in [-0.05, 0) is 38.3 Å². The lowest BCUT2D eigenvalue weighted by Gasteiger charge is -2.28. The fraction of sp³-hybridized carbons (Fsp3) is 0.611. The summed E-state index contributed by atoms with van der Waals surface area (Å²) in [6.45, 7) is 6.33. The van der Waals surface area contributed by atoms with Gasteiger partial charge in [-0.3, -0.25) is 4.79 Å². The summed E-state index contributed by atoms with van der Waals surface area (Å²) in [5.74, 6) is 0.275. The van der Waals surface area contributed by atoms with Crippen molar-refractivity contribution in [2.75, 3.05) is 23.8 Å². The zero-order valence-electron chi connectivity index (χ0n) is 15.5. The van der Waals surface area contributed by atoms with Crippen LogP contribution in [0.1, 0.15) is 43.0 Å². The number of nitriles is 1. The summed E-state index contributed by atoms with van der Waals surface area (Å²) in [5, 5.41) is 9.91. The number of carbonyl (C=O) groups is 1. The monoisotopic (exact) mass is 395 g/mol. The van der Waals surface area contributed by atoms with Crippen LogP contribution in [0.4, 0.5) is 0 Å². The van der Waals surface area contributed by atoms with Crippen molar-refractivity contribution in [1.29, 1.82) is 5.26 Å². The Bertz CT molecular complexity index is 816. The van der Waals surface area contributed by atoms with E-state index < -0.39 is 9.84 Å². The molecule has 0 aromatic carbocycles. The minimum atomic E-state index is -3.04. The van der Waals surface area contributed by atoms with Crippen LogP contribution in [0.15, 0.2) is 11.1 Å². The molecule has 2 heterocycles. The van der Waals surface area contributed by atoms with Gasteiger partial charge >= 0.3 is 0 Å². The van der Waals surface area contributed by atoms with Gasteiger partial charge in [0.25, 0.3) is 0 Å². The molecule has 0 N–H and O–H groups in total. The number of sulfone groups is 1. The number of thioether (sulfide) groups is 1. The summed E-state index contributed by atoms with van der Waals surface area (Å²) in [7, 11) is -3.04. The number of unbranched alkanes of at least 4 members (excludes halogenated alkanes) is 1. The van der Waals surface area contributed by atoms with E-state index in [0.29, 0.717) is 23.6 Å². The van der Waals surface area contributed by atoms with Crippen LogP contribution in [0.5, 0.6) is 0 Å². The van der Waals surface area contributed by atoms with Crippen molar-refractivity contribution >= 4 is 27.5 Å². The number of rotatable bonds is 7. The number of pyridine rings is 1. The van der Waals surface area contributed by atoms with Crippen LogP contribution in [0.25, 0.3) is 0 Å². The molecule has 1 aromatic heterocycles. The first-order valence-corrected chi connectivity index (χ1v) is 11.6. The van der Waals surface area contributed by atoms with E-state index in [-0.39, 0.29) is 29.2 Å². The Labute approximate surface area is 159 Å². The number of amides is 1. The van der Waals surface area contributed by atoms with E-state index in [2.05, 4.69) is 11.1 Å². The SMILES string of the molecule is CCCCN(C(=O)CSc1nc(C)cc(C)c1C#N)C1CCS(=O)(=O)C1. The minimum absolute atomic E-state index is 0.0539. The van der Waals surface area contributed by atoms with Crippen LogP contribution in [-0.2, 0) is 14.6 Å². The van der Waals surface area contributed by atoms with E-state index in [4.69, 9.17) is 0 Å². The third-order valence-corrected chi connectivity index (χ3v) is 7.19. The van der Waals surface area contributed by atoms with Crippen molar-refractivity contribution in [3.63, 3.8) is 0 Å². The zero-order valence-corrected chi connectivity index (χ0v) is 17.1. The molecular weight excluding hydrogens is 370 g/mol. The lowest BCUT2D eigenvalue weighted by molar-refractivity contribution is -0.130. The predicted molar refractivity (Wildman–Crippen MR) is 103 cm³/mol. The lowest BCUT2D eigenvalue weighted by atomic mass is 10.1. The highest BCUT2D eigenvalue weighted by Gasteiger charge is 2.34. The van der Waals surface area contributed by atoms with E-state index >= 15 is 0 Å². The Balaban J connectivity index is 2.12. The van der Waals surface area contributed by atoms with Crippen LogP contribution in [0.2, 0.25) is 0 Å². The van der Waals surface area contributed by atoms with E-state index in [1.807, 2.05) is 26.8 Å². The van der Waals surface area contributed by atoms with Crippen LogP contribution in [0.3, 0.4) is 0 Å². The van der Waals surface area contributed by atoms with Gasteiger partial charge < -0.3 is 4.90 Å². The Morgan fingerprint density at radius 3 is 2.77 bits per heavy atom. The zero-order chi connectivity index (χ0) is 19.3. The predicted octanol–water partition coefficient (Wildman–Crippen LogP) is 2.48. The highest BCUT2D eigenvalue weighted by atomic mass is 32.2. The molecule has 1 aliphatic rings. The molecule has 6 nitrogen and oxygen atoms in total. The molecule has 0 spiro atoms. The lowest BCUT2D eigenvalue weighted by Crippen LogP contribution is -2.42. The molecular formula is C18H25N3O3S2. The van der Waals surface area contributed by atoms with Crippen molar-refractivity contribution < 1.29 is 13.2 Å². The maximum absolute atomic E-state index is 12.8. The molecule has 1 aliphatic heterocycles. The second-order valence-corrected chi connectivity index (χ2v) is 9.85. The molecule has 0 aliphatic carbocycles. The molecule has 1 unspecified atom stereocenters. The molecule has 0 saturated carbocycles. The first-order valence-electron chi connectivity index (χ1n) is 8.78. The molecule has 142 valence electrons. The van der Waals surface area contributed by atoms with Gasteiger partial charge in [0.2, 0.25) is 5.91 Å². The van der Waals surface area contributed by atoms with Crippen molar-refractivity contribution in [3.05, 3.63) is 22.9 Å². The van der Waals surface area contributed by atoms with Crippen molar-refractivity contribution in [3.8, 4) is 6.07 Å². The maximum atomic E-state index is 12.8. The summed E-state index contributed by atoms with van der Waals surface area (Å²) in [6, 6.07) is 3.77. The molecule has 26 heavy (non-hydrogen) atoms. The number of nitrogens with zero attached hydrogens (tertiary/aromatic N) is 3. The summed E-state index contributed by atoms with van der Waals surface area (Å²) in [5.41, 5.74) is 2.15. The number of aromatic nitrogens is 1. The highest BCUT2D eigenvalue weighted by Crippen LogP contribution is 2.25. The normalized spacial score (nSPS) is 18.5. The largest absolute Gasteiger partial charge is 0.338 e. The third kappa shape index (κ3) is 5.21. The average molecular weight is 396 g/mol. The van der Waals surface area contributed by atoms with Gasteiger partial charge in [-0.2, -0.15) is 5.26 Å². The Morgan fingerprint density at radius 1 is 1.46 bits per heavy atom. The molecule has 1 saturated heterocycles. The molecule has 1 fully saturated rings. The number of hydrogen-bond donors (Lipinski definition) is 0. The quantitative estimate of drug-likeness (QED) is 0.659. The van der Waals surface area contributed by atoms with Crippen molar-refractivity contribution in [1.82, 2.24) is 9.88 Å². The van der Waals surface area contributed by atoms with Crippen molar-refractivity contribution in [2.24, 2.45) is 0 Å². The van der Waals surface area contributed by atoms with Crippen LogP contribution >= 0.6 is 11.8 Å². The second kappa shape index (κ2) is 8.87. The molecule has 8 heteroatoms. The Morgan fingerprint density at radius 2 is 2.19 bits per heavy atom. The van der Waals surface area contributed by atoms with Gasteiger partial charge in [-0.15, -0.1) is 0 Å². The van der Waals surface area contributed by atoms with Gasteiger partial charge in [0, 0.05) is 18.3 Å². The Hall–Kier alpha value is -1.59. The summed E-state index contributed by atoms with van der Waals surface area (Å²) in [6.07, 6.45) is 2.29. The maximum Gasteiger partial charge on any atom is 0.233 e. The Kier molecular flexibility index (Phi) is 7.07. The highest BCUT2D eigenvalue weighted by molar-refractivity contribution is 8.00. The third-order valence-electron chi connectivity index (χ3n) is 4.48.